The number of rotatable bonds is 3. The molecule has 1 aliphatic heterocycles. The second kappa shape index (κ2) is 8.69. The molecular weight excluding hydrogens is 532 g/mol. The van der Waals surface area contributed by atoms with Crippen LogP contribution in [0.3, 0.4) is 0 Å². The molecule has 2 N–H and O–H groups in total. The number of nitrogens with one attached hydrogen (secondary N) is 2. The van der Waals surface area contributed by atoms with Crippen molar-refractivity contribution in [3.05, 3.63) is 66.2 Å². The molecule has 2 aromatic carbocycles. The average molecular weight is 558 g/mol. The van der Waals surface area contributed by atoms with Crippen LogP contribution in [0.4, 0.5) is 0 Å². The van der Waals surface area contributed by atoms with Crippen LogP contribution in [0.25, 0.3) is 22.2 Å². The number of hydrazone groups is 1. The van der Waals surface area contributed by atoms with E-state index in [0.717, 1.165) is 27.9 Å². The molecule has 0 saturated carbocycles. The number of piperidine rings is 1. The standard InChI is InChI=1S/C25H26Br2N4O/c1-24(2)21(26)20(22(27)25(3,4)31-24)29-30-23(32)17-14-19(15-10-6-5-7-11-15)28-18-13-9-8-12-16(17)18/h5-14,21-22,31H,1-4H3,(H,30,32)/t21-,22+. The van der Waals surface area contributed by atoms with Gasteiger partial charge < -0.3 is 5.32 Å². The molecule has 1 saturated heterocycles. The van der Waals surface area contributed by atoms with Gasteiger partial charge in [-0.05, 0) is 39.8 Å². The van der Waals surface area contributed by atoms with Crippen LogP contribution in [0.5, 0.6) is 0 Å². The minimum absolute atomic E-state index is 0.0539. The number of halogens is 2. The summed E-state index contributed by atoms with van der Waals surface area (Å²) in [5, 5.41) is 9.01. The van der Waals surface area contributed by atoms with Crippen molar-refractivity contribution >= 4 is 54.4 Å². The highest BCUT2D eigenvalue weighted by molar-refractivity contribution is 9.10. The van der Waals surface area contributed by atoms with Gasteiger partial charge in [-0.25, -0.2) is 10.4 Å². The van der Waals surface area contributed by atoms with E-state index in [-0.39, 0.29) is 26.6 Å². The highest BCUT2D eigenvalue weighted by atomic mass is 79.9. The van der Waals surface area contributed by atoms with Crippen molar-refractivity contribution in [2.24, 2.45) is 5.10 Å². The van der Waals surface area contributed by atoms with Gasteiger partial charge >= 0.3 is 0 Å². The van der Waals surface area contributed by atoms with Gasteiger partial charge in [0, 0.05) is 22.0 Å². The monoisotopic (exact) mass is 556 g/mol. The molecule has 2 heterocycles. The topological polar surface area (TPSA) is 66.4 Å². The average Bonchev–Trinajstić information content (AvgIpc) is 2.77. The number of hydrogen-bond donors (Lipinski definition) is 2. The molecule has 5 nitrogen and oxygen atoms in total. The van der Waals surface area contributed by atoms with Crippen LogP contribution in [0.2, 0.25) is 0 Å². The Balaban J connectivity index is 1.73. The number of benzene rings is 2. The second-order valence-corrected chi connectivity index (χ2v) is 11.0. The second-order valence-electron chi connectivity index (χ2n) is 9.21. The molecule has 3 aromatic rings. The van der Waals surface area contributed by atoms with Crippen LogP contribution in [0, 0.1) is 0 Å². The predicted octanol–water partition coefficient (Wildman–Crippen LogP) is 5.68. The van der Waals surface area contributed by atoms with E-state index < -0.39 is 0 Å². The molecule has 7 heteroatoms. The molecule has 4 rings (SSSR count). The number of amides is 1. The van der Waals surface area contributed by atoms with Crippen molar-refractivity contribution in [2.75, 3.05) is 0 Å². The number of nitrogens with zero attached hydrogens (tertiary/aromatic N) is 2. The van der Waals surface area contributed by atoms with Crippen LogP contribution < -0.4 is 10.7 Å². The maximum absolute atomic E-state index is 13.3. The summed E-state index contributed by atoms with van der Waals surface area (Å²) in [7, 11) is 0. The molecule has 1 amide bonds. The third-order valence-electron chi connectivity index (χ3n) is 5.75. The van der Waals surface area contributed by atoms with Crippen molar-refractivity contribution in [3.8, 4) is 11.3 Å². The van der Waals surface area contributed by atoms with Crippen molar-refractivity contribution < 1.29 is 4.79 Å². The van der Waals surface area contributed by atoms with E-state index in [4.69, 9.17) is 4.98 Å². The summed E-state index contributed by atoms with van der Waals surface area (Å²) in [6.45, 7) is 8.47. The summed E-state index contributed by atoms with van der Waals surface area (Å²) in [6.07, 6.45) is 0. The number of aromatic nitrogens is 1. The van der Waals surface area contributed by atoms with Gasteiger partial charge in [0.1, 0.15) is 0 Å². The SMILES string of the molecule is CC1(C)NC(C)(C)[C@@H](Br)C(=NNC(=O)c2cc(-c3ccccc3)nc3ccccc23)[C@H]1Br. The smallest absolute Gasteiger partial charge is 0.272 e. The van der Waals surface area contributed by atoms with Gasteiger partial charge in [0.25, 0.3) is 5.91 Å². The number of para-hydroxylation sites is 1. The number of hydrogen-bond acceptors (Lipinski definition) is 4. The molecule has 2 atom stereocenters. The molecule has 1 aliphatic rings. The predicted molar refractivity (Wildman–Crippen MR) is 139 cm³/mol. The summed E-state index contributed by atoms with van der Waals surface area (Å²) in [5.41, 5.74) is 6.21. The van der Waals surface area contributed by atoms with Crippen molar-refractivity contribution in [3.63, 3.8) is 0 Å². The van der Waals surface area contributed by atoms with Gasteiger partial charge in [0.2, 0.25) is 0 Å². The first-order chi connectivity index (χ1) is 15.1. The molecule has 0 bridgehead atoms. The molecule has 0 radical (unpaired) electrons. The Morgan fingerprint density at radius 2 is 1.56 bits per heavy atom. The Labute approximate surface area is 205 Å². The van der Waals surface area contributed by atoms with Crippen molar-refractivity contribution in [1.82, 2.24) is 15.7 Å². The van der Waals surface area contributed by atoms with E-state index >= 15 is 0 Å². The maximum Gasteiger partial charge on any atom is 0.272 e. The lowest BCUT2D eigenvalue weighted by Gasteiger charge is -2.49. The third kappa shape index (κ3) is 4.38. The summed E-state index contributed by atoms with van der Waals surface area (Å²) in [4.78, 5) is 18.0. The zero-order chi connectivity index (χ0) is 23.1. The van der Waals surface area contributed by atoms with Crippen LogP contribution in [-0.4, -0.2) is 37.3 Å². The van der Waals surface area contributed by atoms with E-state index in [1.807, 2.05) is 60.7 Å². The number of fused-ring (bicyclic) bond motifs is 1. The Bertz CT molecular complexity index is 1170. The Morgan fingerprint density at radius 1 is 0.969 bits per heavy atom. The number of carbonyl (C=O) groups excluding carboxylic acids is 1. The van der Waals surface area contributed by atoms with Gasteiger partial charge in [0.15, 0.2) is 0 Å². The van der Waals surface area contributed by atoms with Crippen molar-refractivity contribution in [1.29, 1.82) is 0 Å². The number of alkyl halides is 2. The first kappa shape index (κ1) is 23.1. The molecular formula is C25H26Br2N4O. The highest BCUT2D eigenvalue weighted by Crippen LogP contribution is 2.35. The highest BCUT2D eigenvalue weighted by Gasteiger charge is 2.48. The Morgan fingerprint density at radius 3 is 2.22 bits per heavy atom. The Kier molecular flexibility index (Phi) is 6.27. The van der Waals surface area contributed by atoms with Gasteiger partial charge in [-0.1, -0.05) is 80.4 Å². The minimum Gasteiger partial charge on any atom is -0.304 e. The minimum atomic E-state index is -0.262. The molecule has 0 aliphatic carbocycles. The fourth-order valence-electron chi connectivity index (χ4n) is 4.23. The van der Waals surface area contributed by atoms with E-state index in [9.17, 15) is 4.79 Å². The molecule has 1 aromatic heterocycles. The van der Waals surface area contributed by atoms with Crippen LogP contribution in [0.1, 0.15) is 38.1 Å². The van der Waals surface area contributed by atoms with Crippen LogP contribution in [-0.2, 0) is 0 Å². The maximum atomic E-state index is 13.3. The molecule has 1 fully saturated rings. The van der Waals surface area contributed by atoms with Gasteiger partial charge in [-0.15, -0.1) is 0 Å². The third-order valence-corrected chi connectivity index (χ3v) is 8.98. The normalized spacial score (nSPS) is 23.2. The van der Waals surface area contributed by atoms with E-state index in [2.05, 4.69) is 75.4 Å². The number of pyridine rings is 1. The summed E-state index contributed by atoms with van der Waals surface area (Å²) in [6, 6.07) is 19.4. The van der Waals surface area contributed by atoms with Crippen LogP contribution in [0.15, 0.2) is 65.8 Å². The largest absolute Gasteiger partial charge is 0.304 e. The van der Waals surface area contributed by atoms with E-state index in [1.165, 1.54) is 0 Å². The summed E-state index contributed by atoms with van der Waals surface area (Å²) < 4.78 is 0. The zero-order valence-corrected chi connectivity index (χ0v) is 21.7. The number of carbonyl (C=O) groups is 1. The fourth-order valence-corrected chi connectivity index (χ4v) is 5.55. The van der Waals surface area contributed by atoms with Gasteiger partial charge in [-0.3, -0.25) is 4.79 Å². The lowest BCUT2D eigenvalue weighted by molar-refractivity contribution is 0.0955. The molecule has 0 unspecified atom stereocenters. The lowest BCUT2D eigenvalue weighted by Crippen LogP contribution is -2.69. The molecule has 0 spiro atoms. The molecule has 166 valence electrons. The first-order valence-electron chi connectivity index (χ1n) is 10.5. The summed E-state index contributed by atoms with van der Waals surface area (Å²) >= 11 is 7.54. The van der Waals surface area contributed by atoms with Crippen LogP contribution >= 0.6 is 31.9 Å². The quantitative estimate of drug-likeness (QED) is 0.322. The van der Waals surface area contributed by atoms with Gasteiger partial charge in [0.05, 0.1) is 32.1 Å². The summed E-state index contributed by atoms with van der Waals surface area (Å²) in [5.74, 6) is -0.262. The van der Waals surface area contributed by atoms with E-state index in [1.54, 1.807) is 0 Å². The van der Waals surface area contributed by atoms with E-state index in [0.29, 0.717) is 5.56 Å². The Hall–Kier alpha value is -2.09. The lowest BCUT2D eigenvalue weighted by atomic mass is 9.81. The first-order valence-corrected chi connectivity index (χ1v) is 12.3. The fraction of sp³-hybridized carbons (Fsp3) is 0.320. The molecule has 32 heavy (non-hydrogen) atoms. The van der Waals surface area contributed by atoms with Gasteiger partial charge in [-0.2, -0.15) is 5.10 Å². The van der Waals surface area contributed by atoms with Crippen molar-refractivity contribution in [2.45, 2.75) is 48.4 Å². The zero-order valence-electron chi connectivity index (χ0n) is 18.5.